The van der Waals surface area contributed by atoms with Gasteiger partial charge in [-0.25, -0.2) is 0 Å². The maximum absolute atomic E-state index is 13.5. The lowest BCUT2D eigenvalue weighted by atomic mass is 9.96. The highest BCUT2D eigenvalue weighted by Crippen LogP contribution is 2.33. The molecule has 17 unspecified atom stereocenters. The van der Waals surface area contributed by atoms with E-state index in [1.54, 1.807) is 6.08 Å². The Balaban J connectivity index is 1.35. The van der Waals surface area contributed by atoms with Gasteiger partial charge in [0.1, 0.15) is 73.2 Å². The van der Waals surface area contributed by atoms with Gasteiger partial charge in [0.05, 0.1) is 38.6 Å². The maximum Gasteiger partial charge on any atom is 0.220 e. The van der Waals surface area contributed by atoms with Crippen LogP contribution in [0.4, 0.5) is 0 Å². The van der Waals surface area contributed by atoms with Crippen molar-refractivity contribution in [1.29, 1.82) is 0 Å². The minimum atomic E-state index is -1.98. The Labute approximate surface area is 643 Å². The van der Waals surface area contributed by atoms with E-state index in [0.717, 1.165) is 57.8 Å². The molecule has 3 fully saturated rings. The first-order valence-electron chi connectivity index (χ1n) is 43.9. The van der Waals surface area contributed by atoms with Gasteiger partial charge in [-0.15, -0.1) is 0 Å². The molecule has 0 bridgehead atoms. The van der Waals surface area contributed by atoms with Crippen LogP contribution in [0.2, 0.25) is 0 Å². The Bertz CT molecular complexity index is 2100. The van der Waals surface area contributed by atoms with E-state index in [9.17, 15) is 61.0 Å². The summed E-state index contributed by atoms with van der Waals surface area (Å²) in [5.41, 5.74) is 0. The number of carbonyl (C=O) groups excluding carboxylic acids is 1. The fourth-order valence-corrected chi connectivity index (χ4v) is 14.9. The molecule has 0 aromatic heterocycles. The van der Waals surface area contributed by atoms with E-state index < -0.39 is 124 Å². The molecular formula is C87H161NO18. The molecule has 0 radical (unpaired) electrons. The largest absolute Gasteiger partial charge is 0.394 e. The minimum absolute atomic E-state index is 0.244. The molecule has 19 nitrogen and oxygen atoms in total. The molecule has 0 aromatic carbocycles. The van der Waals surface area contributed by atoms with Crippen LogP contribution >= 0.6 is 0 Å². The van der Waals surface area contributed by atoms with E-state index in [2.05, 4.69) is 55.6 Å². The number of allylic oxidation sites excluding steroid dienone is 7. The highest BCUT2D eigenvalue weighted by Gasteiger charge is 2.54. The third kappa shape index (κ3) is 46.1. The Morgan fingerprint density at radius 2 is 0.623 bits per heavy atom. The van der Waals surface area contributed by atoms with E-state index in [4.69, 9.17) is 28.4 Å². The van der Waals surface area contributed by atoms with Crippen LogP contribution in [0.5, 0.6) is 0 Å². The van der Waals surface area contributed by atoms with Crippen molar-refractivity contribution in [3.8, 4) is 0 Å². The lowest BCUT2D eigenvalue weighted by molar-refractivity contribution is -0.379. The molecule has 106 heavy (non-hydrogen) atoms. The van der Waals surface area contributed by atoms with E-state index in [-0.39, 0.29) is 18.9 Å². The summed E-state index contributed by atoms with van der Waals surface area (Å²) in [6.45, 7) is 1.78. The molecule has 3 aliphatic heterocycles. The van der Waals surface area contributed by atoms with Gasteiger partial charge in [-0.3, -0.25) is 4.79 Å². The topological polar surface area (TPSA) is 307 Å². The predicted octanol–water partition coefficient (Wildman–Crippen LogP) is 16.0. The standard InChI is InChI=1S/C87H161NO18/c1-3-5-7-9-11-13-15-17-19-21-23-25-27-29-31-33-35-37-39-41-43-45-47-49-51-53-55-57-59-61-63-65-75(93)88-70(71(92)64-62-60-58-56-54-52-50-48-46-44-42-40-38-36-34-32-30-28-26-24-22-20-18-16-14-12-10-8-6-4-2)69-101-85-81(99)78(96)83(73(67-90)103-85)106-87-82(100)79(97)84(74(68-91)104-87)105-86-80(98)77(95)76(94)72(66-89)102-86/h15,17,21,23,27,29,62,64,70-74,76-87,89-92,94-100H,3-14,16,18-20,22,24-26,28,30-61,63,65-69H2,1-2H3,(H,88,93)/b17-15-,23-21-,29-27-,64-62+. The zero-order valence-corrected chi connectivity index (χ0v) is 66.9. The van der Waals surface area contributed by atoms with Gasteiger partial charge in [0.15, 0.2) is 18.9 Å². The molecule has 12 N–H and O–H groups in total. The fourth-order valence-electron chi connectivity index (χ4n) is 14.9. The second-order valence-corrected chi connectivity index (χ2v) is 31.4. The number of nitrogens with one attached hydrogen (secondary N) is 1. The van der Waals surface area contributed by atoms with Crippen molar-refractivity contribution in [2.45, 2.75) is 471 Å². The average Bonchev–Trinajstić information content (AvgIpc) is 0.780. The quantitative estimate of drug-likeness (QED) is 0.0199. The first-order chi connectivity index (χ1) is 51.8. The van der Waals surface area contributed by atoms with Gasteiger partial charge in [-0.05, 0) is 57.8 Å². The Hall–Kier alpha value is -2.25. The lowest BCUT2D eigenvalue weighted by Gasteiger charge is -2.48. The highest BCUT2D eigenvalue weighted by molar-refractivity contribution is 5.76. The molecule has 0 spiro atoms. The zero-order chi connectivity index (χ0) is 76.7. The Morgan fingerprint density at radius 3 is 0.972 bits per heavy atom. The summed E-state index contributed by atoms with van der Waals surface area (Å²) in [6, 6.07) is -0.976. The smallest absolute Gasteiger partial charge is 0.220 e. The second-order valence-electron chi connectivity index (χ2n) is 31.4. The summed E-state index contributed by atoms with van der Waals surface area (Å²) in [7, 11) is 0. The SMILES string of the molecule is CCCCCCC/C=C\C/C=C\C/C=C\CCCCCCCCCCCCCCCCCCC(=O)NC(COC1OC(CO)C(OC2OC(CO)C(OC3OC(CO)C(O)C(O)C3O)C(O)C2O)C(O)C1O)C(O)/C=C/CCCCCCCCCCCCCCCCCCCCCCCCCCCCCC. The van der Waals surface area contributed by atoms with E-state index in [1.165, 1.54) is 283 Å². The fraction of sp³-hybridized carbons (Fsp3) is 0.897. The van der Waals surface area contributed by atoms with E-state index in [1.807, 2.05) is 6.08 Å². The number of hydrogen-bond acceptors (Lipinski definition) is 18. The number of hydrogen-bond donors (Lipinski definition) is 12. The number of rotatable bonds is 71. The molecular weight excluding hydrogens is 1350 g/mol. The summed E-state index contributed by atoms with van der Waals surface area (Å²) < 4.78 is 34.5. The van der Waals surface area contributed by atoms with Gasteiger partial charge in [0.25, 0.3) is 0 Å². The first-order valence-corrected chi connectivity index (χ1v) is 43.9. The number of aliphatic hydroxyl groups is 11. The van der Waals surface area contributed by atoms with Crippen LogP contribution in [0.3, 0.4) is 0 Å². The molecule has 0 aromatic rings. The molecule has 3 heterocycles. The highest BCUT2D eigenvalue weighted by atomic mass is 16.8. The third-order valence-electron chi connectivity index (χ3n) is 21.9. The summed E-state index contributed by atoms with van der Waals surface area (Å²) >= 11 is 0. The van der Waals surface area contributed by atoms with E-state index in [0.29, 0.717) is 6.42 Å². The summed E-state index contributed by atoms with van der Waals surface area (Å²) in [5, 5.41) is 121. The summed E-state index contributed by atoms with van der Waals surface area (Å²) in [6.07, 6.45) is 59.6. The number of amides is 1. The van der Waals surface area contributed by atoms with Gasteiger partial charge in [-0.2, -0.15) is 0 Å². The van der Waals surface area contributed by atoms with Crippen LogP contribution in [0.15, 0.2) is 48.6 Å². The van der Waals surface area contributed by atoms with Crippen molar-refractivity contribution in [3.63, 3.8) is 0 Å². The first kappa shape index (κ1) is 97.9. The molecule has 17 atom stereocenters. The van der Waals surface area contributed by atoms with Crippen LogP contribution in [-0.4, -0.2) is 193 Å². The molecule has 622 valence electrons. The predicted molar refractivity (Wildman–Crippen MR) is 425 cm³/mol. The Kier molecular flexibility index (Phi) is 62.2. The molecule has 3 saturated heterocycles. The number of carbonyl (C=O) groups is 1. The van der Waals surface area contributed by atoms with Crippen molar-refractivity contribution < 1.29 is 89.4 Å². The number of unbranched alkanes of at least 4 members (excludes halogenated alkanes) is 49. The van der Waals surface area contributed by atoms with Gasteiger partial charge < -0.3 is 89.9 Å². The zero-order valence-electron chi connectivity index (χ0n) is 66.9. The lowest BCUT2D eigenvalue weighted by Crippen LogP contribution is -2.66. The van der Waals surface area contributed by atoms with Crippen LogP contribution in [-0.2, 0) is 33.2 Å². The molecule has 0 aliphatic carbocycles. The Morgan fingerprint density at radius 1 is 0.340 bits per heavy atom. The number of ether oxygens (including phenoxy) is 6. The van der Waals surface area contributed by atoms with Crippen molar-refractivity contribution >= 4 is 5.91 Å². The van der Waals surface area contributed by atoms with Gasteiger partial charge in [0.2, 0.25) is 5.91 Å². The van der Waals surface area contributed by atoms with Crippen LogP contribution in [0.1, 0.15) is 367 Å². The van der Waals surface area contributed by atoms with Crippen molar-refractivity contribution in [3.05, 3.63) is 48.6 Å². The number of aliphatic hydroxyl groups excluding tert-OH is 11. The monoisotopic (exact) mass is 1510 g/mol. The van der Waals surface area contributed by atoms with Crippen LogP contribution < -0.4 is 5.32 Å². The molecule has 19 heteroatoms. The van der Waals surface area contributed by atoms with Gasteiger partial charge >= 0.3 is 0 Å². The van der Waals surface area contributed by atoms with Gasteiger partial charge in [0, 0.05) is 6.42 Å². The molecule has 3 rings (SSSR count). The van der Waals surface area contributed by atoms with Crippen molar-refractivity contribution in [2.75, 3.05) is 26.4 Å². The second kappa shape index (κ2) is 67.3. The molecule has 0 saturated carbocycles. The maximum atomic E-state index is 13.5. The van der Waals surface area contributed by atoms with Crippen LogP contribution in [0, 0.1) is 0 Å². The summed E-state index contributed by atoms with van der Waals surface area (Å²) in [5.74, 6) is -0.270. The van der Waals surface area contributed by atoms with Gasteiger partial charge in [-0.1, -0.05) is 351 Å². The minimum Gasteiger partial charge on any atom is -0.394 e. The van der Waals surface area contributed by atoms with Crippen molar-refractivity contribution in [1.82, 2.24) is 5.32 Å². The molecule has 3 aliphatic rings. The third-order valence-corrected chi connectivity index (χ3v) is 21.9. The average molecular weight is 1510 g/mol. The molecule has 1 amide bonds. The van der Waals surface area contributed by atoms with E-state index >= 15 is 0 Å². The van der Waals surface area contributed by atoms with Crippen LogP contribution in [0.25, 0.3) is 0 Å². The summed E-state index contributed by atoms with van der Waals surface area (Å²) in [4.78, 5) is 13.5. The van der Waals surface area contributed by atoms with Crippen molar-refractivity contribution in [2.24, 2.45) is 0 Å². The normalized spacial score (nSPS) is 25.8.